The van der Waals surface area contributed by atoms with Crippen LogP contribution in [0.25, 0.3) is 17.1 Å². The highest BCUT2D eigenvalue weighted by atomic mass is 32.2. The first-order chi connectivity index (χ1) is 19.7. The summed E-state index contributed by atoms with van der Waals surface area (Å²) in [6.07, 6.45) is 4.20. The number of ether oxygens (including phenoxy) is 2. The molecule has 0 spiro atoms. The number of morpholine rings is 1. The van der Waals surface area contributed by atoms with Crippen molar-refractivity contribution in [3.63, 3.8) is 0 Å². The van der Waals surface area contributed by atoms with Gasteiger partial charge in [0.25, 0.3) is 15.8 Å². The number of nitro benzene ring substituents is 1. The quantitative estimate of drug-likeness (QED) is 0.165. The summed E-state index contributed by atoms with van der Waals surface area (Å²) in [7, 11) is -2.23. The average molecular weight is 582 g/mol. The number of hydrogen-bond donors (Lipinski definition) is 1. The molecule has 1 N–H and O–H groups in total. The second-order valence-corrected chi connectivity index (χ2v) is 10.6. The maximum Gasteiger partial charge on any atom is 0.294 e. The molecule has 1 fully saturated rings. The topological polar surface area (TPSA) is 164 Å². The molecule has 1 saturated heterocycles. The fourth-order valence-corrected chi connectivity index (χ4v) is 4.65. The standard InChI is InChI=1S/C26H27N7O7S/c1-38-24-15-22(31-10-12-39-13-11-31)23(33(34)35)14-20(24)30-26-27-9-8-19(29-26)21-16-32(18-6-4-3-5-7-18)25(28-21)17-40-41(2,36)37/h3-9,14-16H,10-13,17H2,1-2H3,(H,27,29,30). The molecule has 15 heteroatoms. The van der Waals surface area contributed by atoms with E-state index in [1.54, 1.807) is 22.9 Å². The van der Waals surface area contributed by atoms with Gasteiger partial charge in [0.15, 0.2) is 0 Å². The number of imidazole rings is 1. The van der Waals surface area contributed by atoms with Crippen LogP contribution in [0.4, 0.5) is 23.0 Å². The van der Waals surface area contributed by atoms with Crippen molar-refractivity contribution in [2.45, 2.75) is 6.61 Å². The number of nitrogens with zero attached hydrogens (tertiary/aromatic N) is 6. The van der Waals surface area contributed by atoms with E-state index in [0.29, 0.717) is 60.6 Å². The summed E-state index contributed by atoms with van der Waals surface area (Å²) in [5, 5.41) is 15.0. The predicted molar refractivity (Wildman–Crippen MR) is 150 cm³/mol. The Morgan fingerprint density at radius 3 is 2.54 bits per heavy atom. The van der Waals surface area contributed by atoms with Crippen LogP contribution < -0.4 is 15.0 Å². The molecule has 41 heavy (non-hydrogen) atoms. The van der Waals surface area contributed by atoms with Crippen LogP contribution in [0.15, 0.2) is 60.9 Å². The summed E-state index contributed by atoms with van der Waals surface area (Å²) >= 11 is 0. The molecule has 214 valence electrons. The van der Waals surface area contributed by atoms with Crippen molar-refractivity contribution >= 4 is 33.1 Å². The van der Waals surface area contributed by atoms with Crippen LogP contribution in [0, 0.1) is 10.1 Å². The maximum atomic E-state index is 12.0. The average Bonchev–Trinajstić information content (AvgIpc) is 3.41. The lowest BCUT2D eigenvalue weighted by molar-refractivity contribution is -0.384. The summed E-state index contributed by atoms with van der Waals surface area (Å²) in [5.41, 5.74) is 2.27. The van der Waals surface area contributed by atoms with E-state index in [1.165, 1.54) is 19.4 Å². The summed E-state index contributed by atoms with van der Waals surface area (Å²) in [6.45, 7) is 1.72. The number of hydrogen-bond acceptors (Lipinski definition) is 12. The lowest BCUT2D eigenvalue weighted by Crippen LogP contribution is -2.36. The number of aromatic nitrogens is 4. The van der Waals surface area contributed by atoms with Gasteiger partial charge < -0.3 is 24.3 Å². The molecule has 14 nitrogen and oxygen atoms in total. The molecule has 0 atom stereocenters. The fourth-order valence-electron chi connectivity index (χ4n) is 4.33. The number of methoxy groups -OCH3 is 1. The minimum atomic E-state index is -3.70. The fraction of sp³-hybridized carbons (Fsp3) is 0.269. The summed E-state index contributed by atoms with van der Waals surface area (Å²) in [5.74, 6) is 0.873. The SMILES string of the molecule is COc1cc(N2CCOCC2)c([N+](=O)[O-])cc1Nc1nccc(-c2cn(-c3ccccc3)c(COS(C)(=O)=O)n2)n1. The highest BCUT2D eigenvalue weighted by Crippen LogP contribution is 2.39. The molecule has 2 aromatic heterocycles. The van der Waals surface area contributed by atoms with Crippen LogP contribution in [0.1, 0.15) is 5.82 Å². The first-order valence-electron chi connectivity index (χ1n) is 12.5. The molecule has 0 unspecified atom stereocenters. The van der Waals surface area contributed by atoms with Gasteiger partial charge in [0.2, 0.25) is 5.95 Å². The Balaban J connectivity index is 1.48. The Kier molecular flexibility index (Phi) is 8.09. The number of rotatable bonds is 10. The van der Waals surface area contributed by atoms with Crippen LogP contribution in [0.2, 0.25) is 0 Å². The largest absolute Gasteiger partial charge is 0.494 e. The first-order valence-corrected chi connectivity index (χ1v) is 14.3. The molecule has 1 aliphatic heterocycles. The number of benzene rings is 2. The van der Waals surface area contributed by atoms with Crippen molar-refractivity contribution in [1.82, 2.24) is 19.5 Å². The second kappa shape index (κ2) is 11.9. The Morgan fingerprint density at radius 1 is 1.10 bits per heavy atom. The Bertz CT molecular complexity index is 1660. The van der Waals surface area contributed by atoms with E-state index in [4.69, 9.17) is 13.7 Å². The maximum absolute atomic E-state index is 12.0. The Morgan fingerprint density at radius 2 is 1.85 bits per heavy atom. The zero-order chi connectivity index (χ0) is 29.0. The van der Waals surface area contributed by atoms with E-state index in [1.807, 2.05) is 35.2 Å². The minimum absolute atomic E-state index is 0.0940. The van der Waals surface area contributed by atoms with E-state index in [2.05, 4.69) is 20.3 Å². The van der Waals surface area contributed by atoms with Gasteiger partial charge in [0.05, 0.1) is 42.9 Å². The van der Waals surface area contributed by atoms with Crippen molar-refractivity contribution in [1.29, 1.82) is 0 Å². The van der Waals surface area contributed by atoms with Gasteiger partial charge >= 0.3 is 0 Å². The van der Waals surface area contributed by atoms with Gasteiger partial charge in [-0.05, 0) is 18.2 Å². The third kappa shape index (κ3) is 6.59. The minimum Gasteiger partial charge on any atom is -0.494 e. The molecule has 0 radical (unpaired) electrons. The van der Waals surface area contributed by atoms with Crippen LogP contribution in [-0.4, -0.2) is 72.5 Å². The summed E-state index contributed by atoms with van der Waals surface area (Å²) < 4.78 is 40.9. The van der Waals surface area contributed by atoms with Gasteiger partial charge in [-0.25, -0.2) is 15.0 Å². The van der Waals surface area contributed by atoms with Crippen molar-refractivity contribution in [2.24, 2.45) is 0 Å². The molecular weight excluding hydrogens is 554 g/mol. The predicted octanol–water partition coefficient (Wildman–Crippen LogP) is 3.30. The number of anilines is 3. The van der Waals surface area contributed by atoms with Gasteiger partial charge in [-0.3, -0.25) is 14.3 Å². The van der Waals surface area contributed by atoms with Gasteiger partial charge in [0.1, 0.15) is 29.6 Å². The lowest BCUT2D eigenvalue weighted by Gasteiger charge is -2.29. The molecule has 4 aromatic rings. The van der Waals surface area contributed by atoms with Crippen LogP contribution in [-0.2, 0) is 25.6 Å². The molecule has 5 rings (SSSR count). The van der Waals surface area contributed by atoms with Gasteiger partial charge in [-0.1, -0.05) is 18.2 Å². The lowest BCUT2D eigenvalue weighted by atomic mass is 10.2. The monoisotopic (exact) mass is 581 g/mol. The number of nitro groups is 1. The van der Waals surface area contributed by atoms with Crippen LogP contribution in [0.5, 0.6) is 5.75 Å². The first kappa shape index (κ1) is 27.9. The van der Waals surface area contributed by atoms with Gasteiger partial charge in [0, 0.05) is 43.3 Å². The van der Waals surface area contributed by atoms with Crippen molar-refractivity contribution in [3.05, 3.63) is 76.9 Å². The Labute approximate surface area is 235 Å². The smallest absolute Gasteiger partial charge is 0.294 e. The Hall–Kier alpha value is -4.60. The normalized spacial score (nSPS) is 13.7. The molecule has 1 aliphatic rings. The van der Waals surface area contributed by atoms with E-state index < -0.39 is 15.0 Å². The van der Waals surface area contributed by atoms with Gasteiger partial charge in [-0.15, -0.1) is 0 Å². The van der Waals surface area contributed by atoms with Crippen molar-refractivity contribution in [2.75, 3.05) is 49.9 Å². The summed E-state index contributed by atoms with van der Waals surface area (Å²) in [6, 6.07) is 13.9. The molecule has 0 bridgehead atoms. The highest BCUT2D eigenvalue weighted by Gasteiger charge is 2.25. The third-order valence-corrected chi connectivity index (χ3v) is 6.77. The van der Waals surface area contributed by atoms with E-state index in [9.17, 15) is 18.5 Å². The van der Waals surface area contributed by atoms with Gasteiger partial charge in [-0.2, -0.15) is 8.42 Å². The van der Waals surface area contributed by atoms with Crippen LogP contribution >= 0.6 is 0 Å². The molecular formula is C26H27N7O7S. The molecule has 0 aliphatic carbocycles. The van der Waals surface area contributed by atoms with E-state index in [0.717, 1.165) is 11.9 Å². The molecule has 3 heterocycles. The second-order valence-electron chi connectivity index (χ2n) is 9.00. The molecule has 2 aromatic carbocycles. The van der Waals surface area contributed by atoms with Crippen LogP contribution in [0.3, 0.4) is 0 Å². The molecule has 0 amide bonds. The number of para-hydroxylation sites is 1. The third-order valence-electron chi connectivity index (χ3n) is 6.23. The van der Waals surface area contributed by atoms with Crippen molar-refractivity contribution in [3.8, 4) is 22.8 Å². The van der Waals surface area contributed by atoms with E-state index in [-0.39, 0.29) is 18.2 Å². The highest BCUT2D eigenvalue weighted by molar-refractivity contribution is 7.85. The summed E-state index contributed by atoms with van der Waals surface area (Å²) in [4.78, 5) is 26.8. The molecule has 0 saturated carbocycles. The zero-order valence-corrected chi connectivity index (χ0v) is 23.1. The van der Waals surface area contributed by atoms with E-state index >= 15 is 0 Å². The number of nitrogens with one attached hydrogen (secondary N) is 1. The van der Waals surface area contributed by atoms with Crippen molar-refractivity contribution < 1.29 is 27.0 Å². The zero-order valence-electron chi connectivity index (χ0n) is 22.3.